The van der Waals surface area contributed by atoms with E-state index in [4.69, 9.17) is 9.05 Å². The zero-order valence-electron chi connectivity index (χ0n) is 26.6. The number of carbonyl (C=O) groups excluding carboxylic acids is 2. The molecule has 1 heterocycles. The molecule has 1 fully saturated rings. The number of benzene rings is 1. The highest BCUT2D eigenvalue weighted by Crippen LogP contribution is 2.44. The van der Waals surface area contributed by atoms with E-state index in [1.165, 1.54) is 6.42 Å². The summed E-state index contributed by atoms with van der Waals surface area (Å²) in [6.45, 7) is 7.61. The van der Waals surface area contributed by atoms with Crippen LogP contribution in [0.25, 0.3) is 0 Å². The second-order valence-electron chi connectivity index (χ2n) is 11.9. The van der Waals surface area contributed by atoms with Gasteiger partial charge in [0, 0.05) is 6.20 Å². The lowest BCUT2D eigenvalue weighted by Gasteiger charge is -2.32. The summed E-state index contributed by atoms with van der Waals surface area (Å²) >= 11 is 0. The predicted molar refractivity (Wildman–Crippen MR) is 172 cm³/mol. The van der Waals surface area contributed by atoms with Gasteiger partial charge in [-0.15, -0.1) is 0 Å². The van der Waals surface area contributed by atoms with Crippen molar-refractivity contribution in [2.24, 2.45) is 11.8 Å². The van der Waals surface area contributed by atoms with Gasteiger partial charge >= 0.3 is 7.75 Å². The molecule has 4 atom stereocenters. The monoisotopic (exact) mass is 630 g/mol. The minimum absolute atomic E-state index is 0.0852. The number of hydrogen-bond acceptors (Lipinski definition) is 7. The minimum Gasteiger partial charge on any atom is -0.385 e. The molecule has 44 heavy (non-hydrogen) atoms. The predicted octanol–water partition coefficient (Wildman–Crippen LogP) is 5.48. The second kappa shape index (κ2) is 18.4. The summed E-state index contributed by atoms with van der Waals surface area (Å²) in [5, 5.41) is 20.2. The van der Waals surface area contributed by atoms with Crippen LogP contribution in [-0.2, 0) is 29.6 Å². The Morgan fingerprint density at radius 2 is 1.57 bits per heavy atom. The topological polar surface area (TPSA) is 139 Å². The average molecular weight is 631 g/mol. The zero-order valence-corrected chi connectivity index (χ0v) is 27.5. The highest BCUT2D eigenvalue weighted by atomic mass is 31.2. The average Bonchev–Trinajstić information content (AvgIpc) is 3.01. The van der Waals surface area contributed by atoms with Crippen LogP contribution in [0.5, 0.6) is 0 Å². The first kappa shape index (κ1) is 35.9. The fraction of sp³-hybridized carbons (Fsp3) is 0.606. The number of amides is 2. The Morgan fingerprint density at radius 1 is 0.932 bits per heavy atom. The van der Waals surface area contributed by atoms with Crippen LogP contribution in [0.2, 0.25) is 0 Å². The maximum absolute atomic E-state index is 13.9. The van der Waals surface area contributed by atoms with Gasteiger partial charge in [-0.25, -0.2) is 9.65 Å². The molecule has 2 amide bonds. The molecule has 4 N–H and O–H groups in total. The van der Waals surface area contributed by atoms with Crippen LogP contribution in [0.15, 0.2) is 54.7 Å². The smallest absolute Gasteiger partial charge is 0.385 e. The van der Waals surface area contributed by atoms with Crippen molar-refractivity contribution in [3.63, 3.8) is 0 Å². The molecule has 0 radical (unpaired) electrons. The SMILES string of the molecule is CCOP(=O)(N[C@@H](Cc1ccccc1)C(=O)N[C@@H](CC(C)C)C(=O)N[C@@H](CC1CCCCC1)[C@H](O)c1ccccn1)OCC. The largest absolute Gasteiger partial charge is 0.406 e. The molecule has 0 spiro atoms. The van der Waals surface area contributed by atoms with Crippen molar-refractivity contribution in [3.8, 4) is 0 Å². The fourth-order valence-corrected chi connectivity index (χ4v) is 7.25. The number of hydrogen-bond donors (Lipinski definition) is 4. The molecule has 1 aliphatic carbocycles. The molecule has 11 heteroatoms. The molecule has 3 rings (SSSR count). The van der Waals surface area contributed by atoms with Crippen LogP contribution in [-0.4, -0.2) is 53.2 Å². The van der Waals surface area contributed by atoms with Gasteiger partial charge in [-0.1, -0.05) is 82.3 Å². The van der Waals surface area contributed by atoms with Gasteiger partial charge in [-0.05, 0) is 62.6 Å². The summed E-state index contributed by atoms with van der Waals surface area (Å²) in [6.07, 6.45) is 7.43. The molecule has 1 aromatic carbocycles. The Morgan fingerprint density at radius 3 is 2.16 bits per heavy atom. The summed E-state index contributed by atoms with van der Waals surface area (Å²) in [6, 6.07) is 12.3. The quantitative estimate of drug-likeness (QED) is 0.159. The summed E-state index contributed by atoms with van der Waals surface area (Å²) in [7, 11) is -3.80. The molecule has 0 aliphatic heterocycles. The van der Waals surface area contributed by atoms with Crippen molar-refractivity contribution in [3.05, 3.63) is 66.0 Å². The van der Waals surface area contributed by atoms with E-state index >= 15 is 0 Å². The number of nitrogens with one attached hydrogen (secondary N) is 3. The van der Waals surface area contributed by atoms with Gasteiger partial charge in [0.2, 0.25) is 11.8 Å². The summed E-state index contributed by atoms with van der Waals surface area (Å²) in [5.74, 6) is -0.402. The van der Waals surface area contributed by atoms with Gasteiger partial charge in [0.05, 0.1) is 24.9 Å². The molecular weight excluding hydrogens is 579 g/mol. The van der Waals surface area contributed by atoms with E-state index in [0.717, 1.165) is 31.2 Å². The van der Waals surface area contributed by atoms with Crippen LogP contribution < -0.4 is 15.7 Å². The van der Waals surface area contributed by atoms with Crippen LogP contribution in [0.3, 0.4) is 0 Å². The summed E-state index contributed by atoms with van der Waals surface area (Å²) < 4.78 is 24.3. The third-order valence-corrected chi connectivity index (χ3v) is 9.69. The number of rotatable bonds is 18. The molecule has 0 unspecified atom stereocenters. The van der Waals surface area contributed by atoms with Crippen LogP contribution in [0.4, 0.5) is 0 Å². The molecule has 2 aromatic rings. The molecule has 0 saturated heterocycles. The van der Waals surface area contributed by atoms with E-state index in [1.807, 2.05) is 50.2 Å². The number of carbonyl (C=O) groups is 2. The van der Waals surface area contributed by atoms with Gasteiger partial charge in [0.1, 0.15) is 18.2 Å². The number of pyridine rings is 1. The lowest BCUT2D eigenvalue weighted by molar-refractivity contribution is -0.131. The lowest BCUT2D eigenvalue weighted by Crippen LogP contribution is -2.55. The molecular formula is C33H51N4O6P. The van der Waals surface area contributed by atoms with Gasteiger partial charge in [-0.3, -0.25) is 23.6 Å². The lowest BCUT2D eigenvalue weighted by atomic mass is 9.83. The normalized spacial score (nSPS) is 17.0. The Balaban J connectivity index is 1.83. The van der Waals surface area contributed by atoms with E-state index in [9.17, 15) is 19.3 Å². The summed E-state index contributed by atoms with van der Waals surface area (Å²) in [4.78, 5) is 32.1. The molecule has 244 valence electrons. The number of aromatic nitrogens is 1. The third kappa shape index (κ3) is 11.7. The Hall–Kier alpha value is -2.62. The Labute approximate surface area is 262 Å². The minimum atomic E-state index is -3.80. The second-order valence-corrected chi connectivity index (χ2v) is 13.7. The zero-order chi connectivity index (χ0) is 32.0. The Bertz CT molecular complexity index is 1170. The first-order valence-corrected chi connectivity index (χ1v) is 17.6. The van der Waals surface area contributed by atoms with Crippen molar-refractivity contribution in [1.29, 1.82) is 0 Å². The van der Waals surface area contributed by atoms with E-state index < -0.39 is 37.9 Å². The van der Waals surface area contributed by atoms with Crippen molar-refractivity contribution in [2.75, 3.05) is 13.2 Å². The standard InChI is InChI=1S/C33H51N4O6P/c1-5-42-44(41,43-6-2)37-30(23-26-17-11-8-12-18-26)33(40)36-29(21-24(3)4)32(39)35-28(22-25-15-9-7-10-16-25)31(38)27-19-13-14-20-34-27/h8,11-14,17-20,24-25,28-31,38H,5-7,9-10,15-16,21-23H2,1-4H3,(H,35,39)(H,36,40)(H,37,41)/t28-,29-,30-,31+/m0/s1. The first-order valence-electron chi connectivity index (χ1n) is 16.0. The maximum atomic E-state index is 13.9. The number of aliphatic hydroxyl groups is 1. The van der Waals surface area contributed by atoms with Gasteiger partial charge in [-0.2, -0.15) is 0 Å². The van der Waals surface area contributed by atoms with E-state index in [1.54, 1.807) is 32.2 Å². The molecule has 1 aliphatic rings. The molecule has 10 nitrogen and oxygen atoms in total. The number of aliphatic hydroxyl groups excluding tert-OH is 1. The van der Waals surface area contributed by atoms with Gasteiger partial charge in [0.15, 0.2) is 0 Å². The summed E-state index contributed by atoms with van der Waals surface area (Å²) in [5.41, 5.74) is 1.34. The van der Waals surface area contributed by atoms with E-state index in [-0.39, 0.29) is 31.5 Å². The fourth-order valence-electron chi connectivity index (χ4n) is 5.75. The maximum Gasteiger partial charge on any atom is 0.406 e. The van der Waals surface area contributed by atoms with E-state index in [0.29, 0.717) is 24.5 Å². The Kier molecular flexibility index (Phi) is 15.0. The van der Waals surface area contributed by atoms with Crippen molar-refractivity contribution in [2.45, 2.75) is 103 Å². The molecule has 1 saturated carbocycles. The first-order chi connectivity index (χ1) is 21.1. The highest BCUT2D eigenvalue weighted by molar-refractivity contribution is 7.51. The van der Waals surface area contributed by atoms with Crippen LogP contribution in [0.1, 0.15) is 90.0 Å². The molecule has 1 aromatic heterocycles. The van der Waals surface area contributed by atoms with Crippen LogP contribution >= 0.6 is 7.75 Å². The van der Waals surface area contributed by atoms with Crippen molar-refractivity contribution < 1.29 is 28.3 Å². The molecule has 0 bridgehead atoms. The third-order valence-electron chi connectivity index (χ3n) is 7.86. The van der Waals surface area contributed by atoms with Crippen molar-refractivity contribution in [1.82, 2.24) is 20.7 Å². The van der Waals surface area contributed by atoms with E-state index in [2.05, 4.69) is 20.7 Å². The van der Waals surface area contributed by atoms with Gasteiger partial charge < -0.3 is 15.7 Å². The highest BCUT2D eigenvalue weighted by Gasteiger charge is 2.35. The van der Waals surface area contributed by atoms with Crippen molar-refractivity contribution >= 4 is 19.6 Å². The van der Waals surface area contributed by atoms with Gasteiger partial charge in [0.25, 0.3) is 0 Å². The number of nitrogens with zero attached hydrogens (tertiary/aromatic N) is 1. The van der Waals surface area contributed by atoms with Crippen LogP contribution in [0, 0.1) is 11.8 Å².